The average molecular weight is 441 g/mol. The molecule has 0 atom stereocenters. The van der Waals surface area contributed by atoms with Crippen LogP contribution in [0.2, 0.25) is 0 Å². The molecule has 0 spiro atoms. The maximum Gasteiger partial charge on any atom is 0.272 e. The molecule has 1 amide bonds. The number of nitrogens with zero attached hydrogens (tertiary/aromatic N) is 4. The molecule has 0 saturated carbocycles. The van der Waals surface area contributed by atoms with E-state index in [1.165, 1.54) is 6.33 Å². The molecule has 7 heteroatoms. The zero-order valence-electron chi connectivity index (χ0n) is 19.1. The minimum absolute atomic E-state index is 0.0277. The molecule has 2 fully saturated rings. The molecule has 1 aromatic heterocycles. The van der Waals surface area contributed by atoms with Gasteiger partial charge in [0.25, 0.3) is 5.91 Å². The first kappa shape index (κ1) is 22.8. The third-order valence-corrected chi connectivity index (χ3v) is 7.04. The van der Waals surface area contributed by atoms with Crippen molar-refractivity contribution >= 4 is 5.91 Å². The number of likely N-dealkylation sites (tertiary alicyclic amines) is 2. The van der Waals surface area contributed by atoms with Crippen LogP contribution in [0.1, 0.15) is 58.6 Å². The molecule has 1 aromatic carbocycles. The number of hydrogen-bond acceptors (Lipinski definition) is 5. The Labute approximate surface area is 189 Å². The van der Waals surface area contributed by atoms with Gasteiger partial charge in [-0.25, -0.2) is 14.4 Å². The summed E-state index contributed by atoms with van der Waals surface area (Å²) in [7, 11) is 0. The number of aromatic nitrogens is 2. The second-order valence-corrected chi connectivity index (χ2v) is 9.17. The molecular weight excluding hydrogens is 407 g/mol. The Morgan fingerprint density at radius 2 is 1.78 bits per heavy atom. The summed E-state index contributed by atoms with van der Waals surface area (Å²) in [5.74, 6) is -0.220. The van der Waals surface area contributed by atoms with Crippen molar-refractivity contribution in [1.82, 2.24) is 19.8 Å². The molecule has 2 aliphatic rings. The molecule has 4 rings (SSSR count). The summed E-state index contributed by atoms with van der Waals surface area (Å²) in [6, 6.07) is 5.80. The van der Waals surface area contributed by atoms with Gasteiger partial charge in [0.05, 0.1) is 6.10 Å². The van der Waals surface area contributed by atoms with Crippen LogP contribution in [-0.2, 0) is 12.8 Å². The largest absolute Gasteiger partial charge is 0.393 e. The number of carbonyl (C=O) groups excluding carboxylic acids is 1. The van der Waals surface area contributed by atoms with Crippen LogP contribution in [0, 0.1) is 19.7 Å². The smallest absolute Gasteiger partial charge is 0.272 e. The Balaban J connectivity index is 1.36. The lowest BCUT2D eigenvalue weighted by molar-refractivity contribution is 0.0355. The van der Waals surface area contributed by atoms with Crippen LogP contribution in [0.5, 0.6) is 0 Å². The summed E-state index contributed by atoms with van der Waals surface area (Å²) in [5, 5.41) is 9.73. The van der Waals surface area contributed by atoms with E-state index in [1.54, 1.807) is 19.1 Å². The number of aryl methyl sites for hydroxylation is 3. The Kier molecular flexibility index (Phi) is 7.16. The van der Waals surface area contributed by atoms with Gasteiger partial charge in [-0.1, -0.05) is 12.1 Å². The quantitative estimate of drug-likeness (QED) is 0.774. The van der Waals surface area contributed by atoms with E-state index in [0.717, 1.165) is 68.7 Å². The van der Waals surface area contributed by atoms with Crippen LogP contribution in [-0.4, -0.2) is 69.1 Å². The van der Waals surface area contributed by atoms with Crippen molar-refractivity contribution in [3.05, 3.63) is 58.4 Å². The fourth-order valence-corrected chi connectivity index (χ4v) is 4.84. The molecule has 1 N–H and O–H groups in total. The number of benzene rings is 1. The number of piperidine rings is 2. The molecule has 172 valence electrons. The minimum atomic E-state index is -0.193. The Hall–Kier alpha value is -2.38. The highest BCUT2D eigenvalue weighted by molar-refractivity contribution is 5.93. The van der Waals surface area contributed by atoms with Gasteiger partial charge in [0.2, 0.25) is 0 Å². The van der Waals surface area contributed by atoms with Gasteiger partial charge >= 0.3 is 0 Å². The molecule has 2 saturated heterocycles. The van der Waals surface area contributed by atoms with Gasteiger partial charge in [0.15, 0.2) is 0 Å². The minimum Gasteiger partial charge on any atom is -0.393 e. The molecular formula is C25H33FN4O2. The van der Waals surface area contributed by atoms with E-state index >= 15 is 0 Å². The molecule has 2 aromatic rings. The highest BCUT2D eigenvalue weighted by Gasteiger charge is 2.30. The number of halogens is 1. The van der Waals surface area contributed by atoms with Crippen molar-refractivity contribution in [3.63, 3.8) is 0 Å². The van der Waals surface area contributed by atoms with Crippen LogP contribution < -0.4 is 0 Å². The molecule has 0 aliphatic carbocycles. The van der Waals surface area contributed by atoms with E-state index in [-0.39, 0.29) is 17.8 Å². The number of rotatable bonds is 5. The van der Waals surface area contributed by atoms with Gasteiger partial charge in [0, 0.05) is 43.5 Å². The van der Waals surface area contributed by atoms with Crippen LogP contribution in [0.4, 0.5) is 4.39 Å². The molecule has 32 heavy (non-hydrogen) atoms. The summed E-state index contributed by atoms with van der Waals surface area (Å²) in [6.07, 6.45) is 6.22. The van der Waals surface area contributed by atoms with Gasteiger partial charge in [-0.3, -0.25) is 4.79 Å². The summed E-state index contributed by atoms with van der Waals surface area (Å²) in [4.78, 5) is 26.3. The topological polar surface area (TPSA) is 69.6 Å². The van der Waals surface area contributed by atoms with Crippen LogP contribution in [0.3, 0.4) is 0 Å². The first-order chi connectivity index (χ1) is 15.4. The van der Waals surface area contributed by atoms with Crippen molar-refractivity contribution in [1.29, 1.82) is 0 Å². The van der Waals surface area contributed by atoms with E-state index in [0.29, 0.717) is 30.1 Å². The third-order valence-electron chi connectivity index (χ3n) is 7.04. The highest BCUT2D eigenvalue weighted by Crippen LogP contribution is 2.23. The summed E-state index contributed by atoms with van der Waals surface area (Å²) in [6.45, 7) is 7.00. The Morgan fingerprint density at radius 3 is 2.47 bits per heavy atom. The molecule has 2 aliphatic heterocycles. The van der Waals surface area contributed by atoms with Gasteiger partial charge < -0.3 is 14.9 Å². The Morgan fingerprint density at radius 1 is 1.06 bits per heavy atom. The molecule has 6 nitrogen and oxygen atoms in total. The number of carbonyl (C=O) groups is 1. The van der Waals surface area contributed by atoms with Gasteiger partial charge in [0.1, 0.15) is 17.8 Å². The zero-order valence-corrected chi connectivity index (χ0v) is 19.1. The van der Waals surface area contributed by atoms with Crippen molar-refractivity contribution < 1.29 is 14.3 Å². The summed E-state index contributed by atoms with van der Waals surface area (Å²) < 4.78 is 13.8. The highest BCUT2D eigenvalue weighted by atomic mass is 19.1. The van der Waals surface area contributed by atoms with Gasteiger partial charge in [-0.15, -0.1) is 0 Å². The van der Waals surface area contributed by atoms with Crippen molar-refractivity contribution in [2.75, 3.05) is 26.2 Å². The van der Waals surface area contributed by atoms with E-state index in [4.69, 9.17) is 0 Å². The fourth-order valence-electron chi connectivity index (χ4n) is 4.84. The number of amides is 1. The molecule has 3 heterocycles. The van der Waals surface area contributed by atoms with Crippen molar-refractivity contribution in [3.8, 4) is 0 Å². The number of aliphatic hydroxyl groups excluding tert-OH is 1. The maximum absolute atomic E-state index is 13.8. The van der Waals surface area contributed by atoms with Crippen LogP contribution in [0.25, 0.3) is 0 Å². The molecule has 0 radical (unpaired) electrons. The fraction of sp³-hybridized carbons (Fsp3) is 0.560. The lowest BCUT2D eigenvalue weighted by Crippen LogP contribution is -2.49. The molecule has 0 unspecified atom stereocenters. The van der Waals surface area contributed by atoms with Crippen molar-refractivity contribution in [2.45, 2.75) is 64.5 Å². The lowest BCUT2D eigenvalue weighted by atomic mass is 9.98. The predicted molar refractivity (Wildman–Crippen MR) is 121 cm³/mol. The summed E-state index contributed by atoms with van der Waals surface area (Å²) >= 11 is 0. The zero-order chi connectivity index (χ0) is 22.7. The standard InChI is InChI=1S/C25H33FN4O2/c1-17-3-4-19(15-22(17)26)5-6-23-18(2)24(28-16-27-23)25(32)30-11-7-20(8-12-30)29-13-9-21(31)10-14-29/h3-4,15-16,20-21,31H,5-14H2,1-2H3. The van der Waals surface area contributed by atoms with E-state index in [2.05, 4.69) is 14.9 Å². The Bertz CT molecular complexity index is 951. The lowest BCUT2D eigenvalue weighted by Gasteiger charge is -2.41. The van der Waals surface area contributed by atoms with Crippen LogP contribution in [0.15, 0.2) is 24.5 Å². The SMILES string of the molecule is Cc1ccc(CCc2ncnc(C(=O)N3CCC(N4CCC(O)CC4)CC3)c2C)cc1F. The van der Waals surface area contributed by atoms with E-state index in [9.17, 15) is 14.3 Å². The number of hydrogen-bond donors (Lipinski definition) is 1. The maximum atomic E-state index is 13.8. The average Bonchev–Trinajstić information content (AvgIpc) is 2.81. The van der Waals surface area contributed by atoms with E-state index < -0.39 is 0 Å². The van der Waals surface area contributed by atoms with Gasteiger partial charge in [-0.2, -0.15) is 0 Å². The van der Waals surface area contributed by atoms with E-state index in [1.807, 2.05) is 17.9 Å². The normalized spacial score (nSPS) is 18.8. The first-order valence-corrected chi connectivity index (χ1v) is 11.7. The second kappa shape index (κ2) is 10.0. The predicted octanol–water partition coefficient (Wildman–Crippen LogP) is 3.08. The van der Waals surface area contributed by atoms with Crippen molar-refractivity contribution in [2.24, 2.45) is 0 Å². The monoisotopic (exact) mass is 440 g/mol. The van der Waals surface area contributed by atoms with Crippen LogP contribution >= 0.6 is 0 Å². The molecule has 0 bridgehead atoms. The third kappa shape index (κ3) is 5.15. The number of aliphatic hydroxyl groups is 1. The first-order valence-electron chi connectivity index (χ1n) is 11.7. The van der Waals surface area contributed by atoms with Gasteiger partial charge in [-0.05, 0) is 69.6 Å². The second-order valence-electron chi connectivity index (χ2n) is 9.17. The summed E-state index contributed by atoms with van der Waals surface area (Å²) in [5.41, 5.74) is 3.70.